The van der Waals surface area contributed by atoms with Crippen molar-refractivity contribution in [3.05, 3.63) is 16.1 Å². The van der Waals surface area contributed by atoms with Crippen LogP contribution in [0.5, 0.6) is 0 Å². The number of hydrogen-bond acceptors (Lipinski definition) is 4. The van der Waals surface area contributed by atoms with E-state index in [4.69, 9.17) is 4.74 Å². The Balaban J connectivity index is 1.77. The molecule has 3 aliphatic rings. The molecule has 0 atom stereocenters. The molecule has 98 valence electrons. The number of ether oxygens (including phenoxy) is 1. The van der Waals surface area contributed by atoms with Crippen molar-refractivity contribution in [3.63, 3.8) is 0 Å². The Labute approximate surface area is 107 Å². The number of aromatic nitrogens is 1. The molecule has 18 heavy (non-hydrogen) atoms. The van der Waals surface area contributed by atoms with Crippen molar-refractivity contribution in [1.29, 1.82) is 0 Å². The van der Waals surface area contributed by atoms with Gasteiger partial charge in [0.1, 0.15) is 5.69 Å². The molecule has 1 aromatic heterocycles. The second-order valence-electron chi connectivity index (χ2n) is 5.51. The van der Waals surface area contributed by atoms with E-state index in [0.29, 0.717) is 19.3 Å². The van der Waals surface area contributed by atoms with Gasteiger partial charge < -0.3 is 4.74 Å². The summed E-state index contributed by atoms with van der Waals surface area (Å²) in [6.45, 7) is 0.851. The molecule has 4 rings (SSSR count). The minimum atomic E-state index is -2.89. The van der Waals surface area contributed by atoms with Gasteiger partial charge in [0.25, 0.3) is 5.92 Å². The second-order valence-corrected chi connectivity index (χ2v) is 6.37. The topological polar surface area (TPSA) is 39.2 Å². The van der Waals surface area contributed by atoms with E-state index in [1.807, 2.05) is 0 Å². The highest BCUT2D eigenvalue weighted by Crippen LogP contribution is 2.74. The van der Waals surface area contributed by atoms with Crippen LogP contribution in [0.15, 0.2) is 5.38 Å². The van der Waals surface area contributed by atoms with Crippen LogP contribution in [0, 0.1) is 5.41 Å². The van der Waals surface area contributed by atoms with Crippen molar-refractivity contribution in [2.75, 3.05) is 7.11 Å². The lowest BCUT2D eigenvalue weighted by Gasteiger charge is -2.67. The molecule has 0 spiro atoms. The van der Waals surface area contributed by atoms with Crippen molar-refractivity contribution in [2.45, 2.75) is 37.5 Å². The van der Waals surface area contributed by atoms with Crippen LogP contribution in [0.4, 0.5) is 8.78 Å². The largest absolute Gasteiger partial charge is 0.469 e. The van der Waals surface area contributed by atoms with E-state index in [0.717, 1.165) is 11.9 Å². The van der Waals surface area contributed by atoms with Gasteiger partial charge in [0.05, 0.1) is 17.5 Å². The molecular weight excluding hydrogens is 260 g/mol. The van der Waals surface area contributed by atoms with Gasteiger partial charge in [-0.05, 0) is 19.3 Å². The summed E-state index contributed by atoms with van der Waals surface area (Å²) in [5, 5.41) is 2.16. The van der Waals surface area contributed by atoms with Gasteiger partial charge in [-0.2, -0.15) is 8.78 Å². The van der Waals surface area contributed by atoms with E-state index in [-0.39, 0.29) is 22.5 Å². The standard InChI is InChI=1S/C12H13F2NO2S/c1-10(13,14)7-3-18-8(15-7)11-4-12(5-11,6-11)9(16)17-2/h3H,4-6H2,1-2H3. The zero-order valence-corrected chi connectivity index (χ0v) is 10.9. The van der Waals surface area contributed by atoms with E-state index in [2.05, 4.69) is 4.98 Å². The molecule has 3 fully saturated rings. The molecular formula is C12H13F2NO2S. The van der Waals surface area contributed by atoms with Gasteiger partial charge in [-0.15, -0.1) is 11.3 Å². The summed E-state index contributed by atoms with van der Waals surface area (Å²) in [5.41, 5.74) is -0.656. The molecule has 3 aliphatic carbocycles. The van der Waals surface area contributed by atoms with Crippen LogP contribution in [-0.2, 0) is 20.9 Å². The Morgan fingerprint density at radius 3 is 2.56 bits per heavy atom. The highest BCUT2D eigenvalue weighted by atomic mass is 32.1. The number of halogens is 2. The maximum Gasteiger partial charge on any atom is 0.311 e. The van der Waals surface area contributed by atoms with Gasteiger partial charge in [0.15, 0.2) is 0 Å². The third-order valence-corrected chi connectivity index (χ3v) is 5.15. The first kappa shape index (κ1) is 12.0. The van der Waals surface area contributed by atoms with Crippen LogP contribution < -0.4 is 0 Å². The van der Waals surface area contributed by atoms with E-state index in [1.165, 1.54) is 23.8 Å². The molecule has 2 bridgehead atoms. The molecule has 0 unspecified atom stereocenters. The monoisotopic (exact) mass is 273 g/mol. The number of rotatable bonds is 3. The lowest BCUT2D eigenvalue weighted by Crippen LogP contribution is -2.68. The first-order chi connectivity index (χ1) is 8.31. The molecule has 0 N–H and O–H groups in total. The number of nitrogens with zero attached hydrogens (tertiary/aromatic N) is 1. The zero-order chi connectivity index (χ0) is 13.2. The van der Waals surface area contributed by atoms with Crippen LogP contribution in [0.1, 0.15) is 36.9 Å². The van der Waals surface area contributed by atoms with Crippen molar-refractivity contribution in [2.24, 2.45) is 5.41 Å². The van der Waals surface area contributed by atoms with Crippen molar-refractivity contribution in [1.82, 2.24) is 4.98 Å². The van der Waals surface area contributed by atoms with E-state index in [1.54, 1.807) is 0 Å². The van der Waals surface area contributed by atoms with E-state index < -0.39 is 5.92 Å². The highest BCUT2D eigenvalue weighted by molar-refractivity contribution is 7.09. The fourth-order valence-corrected chi connectivity index (χ4v) is 4.27. The predicted molar refractivity (Wildman–Crippen MR) is 61.7 cm³/mol. The predicted octanol–water partition coefficient (Wildman–Crippen LogP) is 2.85. The average Bonchev–Trinajstić information content (AvgIpc) is 2.61. The molecule has 0 amide bonds. The van der Waals surface area contributed by atoms with Crippen LogP contribution in [0.25, 0.3) is 0 Å². The normalized spacial score (nSPS) is 33.6. The number of thiazole rings is 1. The van der Waals surface area contributed by atoms with Gasteiger partial charge in [-0.3, -0.25) is 4.79 Å². The van der Waals surface area contributed by atoms with Gasteiger partial charge in [-0.1, -0.05) is 0 Å². The molecule has 0 aromatic carbocycles. The fraction of sp³-hybridized carbons (Fsp3) is 0.667. The van der Waals surface area contributed by atoms with Gasteiger partial charge in [0, 0.05) is 17.7 Å². The first-order valence-electron chi connectivity index (χ1n) is 5.74. The summed E-state index contributed by atoms with van der Waals surface area (Å²) < 4.78 is 31.0. The quantitative estimate of drug-likeness (QED) is 0.795. The summed E-state index contributed by atoms with van der Waals surface area (Å²) in [6.07, 6.45) is 2.07. The summed E-state index contributed by atoms with van der Waals surface area (Å²) >= 11 is 1.27. The summed E-state index contributed by atoms with van der Waals surface area (Å²) in [6, 6.07) is 0. The lowest BCUT2D eigenvalue weighted by atomic mass is 9.35. The molecule has 0 radical (unpaired) electrons. The smallest absolute Gasteiger partial charge is 0.311 e. The number of carbonyl (C=O) groups is 1. The van der Waals surface area contributed by atoms with Crippen molar-refractivity contribution < 1.29 is 18.3 Å². The number of alkyl halides is 2. The van der Waals surface area contributed by atoms with Gasteiger partial charge >= 0.3 is 5.97 Å². The molecule has 0 saturated heterocycles. The van der Waals surface area contributed by atoms with E-state index >= 15 is 0 Å². The SMILES string of the molecule is COC(=O)C12CC(c3nc(C(C)(F)F)cs3)(C1)C2. The molecule has 0 aliphatic heterocycles. The van der Waals surface area contributed by atoms with Gasteiger partial charge in [-0.25, -0.2) is 4.98 Å². The average molecular weight is 273 g/mol. The second kappa shape index (κ2) is 3.29. The van der Waals surface area contributed by atoms with Crippen LogP contribution in [0.2, 0.25) is 0 Å². The van der Waals surface area contributed by atoms with Crippen LogP contribution >= 0.6 is 11.3 Å². The summed E-state index contributed by atoms with van der Waals surface area (Å²) in [5.74, 6) is -3.07. The summed E-state index contributed by atoms with van der Waals surface area (Å²) in [7, 11) is 1.38. The van der Waals surface area contributed by atoms with Crippen LogP contribution in [0.3, 0.4) is 0 Å². The van der Waals surface area contributed by atoms with Crippen molar-refractivity contribution >= 4 is 17.3 Å². The molecule has 3 saturated carbocycles. The fourth-order valence-electron chi connectivity index (χ4n) is 3.17. The Morgan fingerprint density at radius 1 is 1.50 bits per heavy atom. The Hall–Kier alpha value is -1.04. The minimum Gasteiger partial charge on any atom is -0.469 e. The number of hydrogen-bond donors (Lipinski definition) is 0. The molecule has 3 nitrogen and oxygen atoms in total. The van der Waals surface area contributed by atoms with Crippen LogP contribution in [-0.4, -0.2) is 18.1 Å². The van der Waals surface area contributed by atoms with Gasteiger partial charge in [0.2, 0.25) is 0 Å². The number of methoxy groups -OCH3 is 1. The first-order valence-corrected chi connectivity index (χ1v) is 6.62. The van der Waals surface area contributed by atoms with Crippen molar-refractivity contribution in [3.8, 4) is 0 Å². The molecule has 1 aromatic rings. The maximum atomic E-state index is 13.1. The third-order valence-electron chi connectivity index (χ3n) is 4.06. The third kappa shape index (κ3) is 1.38. The van der Waals surface area contributed by atoms with E-state index in [9.17, 15) is 13.6 Å². The Morgan fingerprint density at radius 2 is 2.11 bits per heavy atom. The Bertz CT molecular complexity index is 501. The number of carbonyl (C=O) groups excluding carboxylic acids is 1. The summed E-state index contributed by atoms with van der Waals surface area (Å²) in [4.78, 5) is 15.6. The molecule has 6 heteroatoms. The zero-order valence-electron chi connectivity index (χ0n) is 10.1. The lowest BCUT2D eigenvalue weighted by molar-refractivity contribution is -0.198. The highest BCUT2D eigenvalue weighted by Gasteiger charge is 2.74. The molecule has 1 heterocycles. The minimum absolute atomic E-state index is 0.137. The maximum absolute atomic E-state index is 13.1. The number of esters is 1. The Kier molecular flexibility index (Phi) is 2.20.